The number of nitrogens with two attached hydrogens (primary N) is 1. The number of rotatable bonds is 10. The van der Waals surface area contributed by atoms with Gasteiger partial charge in [0.05, 0.1) is 17.0 Å². The Labute approximate surface area is 220 Å². The third-order valence-electron chi connectivity index (χ3n) is 6.22. The molecule has 0 atom stereocenters. The molecule has 0 radical (unpaired) electrons. The topological polar surface area (TPSA) is 140 Å². The Balaban J connectivity index is 1.52. The van der Waals surface area contributed by atoms with Gasteiger partial charge in [0.1, 0.15) is 11.6 Å². The lowest BCUT2D eigenvalue weighted by Crippen LogP contribution is -2.36. The molecule has 0 aromatic heterocycles. The predicted molar refractivity (Wildman–Crippen MR) is 141 cm³/mol. The van der Waals surface area contributed by atoms with Gasteiger partial charge in [-0.1, -0.05) is 12.1 Å². The van der Waals surface area contributed by atoms with Crippen molar-refractivity contribution in [2.75, 3.05) is 24.4 Å². The zero-order valence-corrected chi connectivity index (χ0v) is 21.4. The first kappa shape index (κ1) is 27.1. The van der Waals surface area contributed by atoms with Crippen LogP contribution in [-0.2, 0) is 21.2 Å². The van der Waals surface area contributed by atoms with Crippen LogP contribution in [0.2, 0.25) is 0 Å². The van der Waals surface area contributed by atoms with Gasteiger partial charge in [-0.25, -0.2) is 12.8 Å². The summed E-state index contributed by atoms with van der Waals surface area (Å²) in [4.78, 5) is 24.5. The first-order valence-electron chi connectivity index (χ1n) is 12.2. The maximum atomic E-state index is 13.3. The summed E-state index contributed by atoms with van der Waals surface area (Å²) in [6.45, 7) is 2.31. The lowest BCUT2D eigenvalue weighted by Gasteiger charge is -2.22. The molecule has 1 saturated heterocycles. The lowest BCUT2D eigenvalue weighted by atomic mass is 9.98. The molecule has 200 valence electrons. The number of halogens is 1. The second-order valence-corrected chi connectivity index (χ2v) is 10.7. The monoisotopic (exact) mass is 540 g/mol. The molecule has 5 N–H and O–H groups in total. The highest BCUT2D eigenvalue weighted by molar-refractivity contribution is 7.92. The summed E-state index contributed by atoms with van der Waals surface area (Å²) in [6.07, 6.45) is 1.72. The van der Waals surface area contributed by atoms with Crippen LogP contribution >= 0.6 is 0 Å². The summed E-state index contributed by atoms with van der Waals surface area (Å²) in [5.74, 6) is -0.631. The van der Waals surface area contributed by atoms with Crippen LogP contribution in [0.5, 0.6) is 11.5 Å². The van der Waals surface area contributed by atoms with Crippen LogP contribution in [0.1, 0.15) is 28.8 Å². The van der Waals surface area contributed by atoms with Crippen molar-refractivity contribution in [1.82, 2.24) is 10.6 Å². The Morgan fingerprint density at radius 1 is 1.03 bits per heavy atom. The smallest absolute Gasteiger partial charge is 0.262 e. The number of carbonyl (C=O) groups excluding carboxylic acids is 2. The Kier molecular flexibility index (Phi) is 8.59. The number of piperidine rings is 1. The van der Waals surface area contributed by atoms with E-state index in [1.54, 1.807) is 18.2 Å². The molecular formula is C27H29FN4O5S. The van der Waals surface area contributed by atoms with Crippen LogP contribution in [0.25, 0.3) is 0 Å². The molecule has 9 nitrogen and oxygen atoms in total. The van der Waals surface area contributed by atoms with Crippen LogP contribution in [0, 0.1) is 11.7 Å². The molecule has 4 rings (SSSR count). The average Bonchev–Trinajstić information content (AvgIpc) is 2.90. The molecule has 0 unspecified atom stereocenters. The molecule has 1 aliphatic rings. The van der Waals surface area contributed by atoms with E-state index in [0.717, 1.165) is 25.9 Å². The number of carbonyl (C=O) groups is 2. The van der Waals surface area contributed by atoms with Crippen molar-refractivity contribution in [3.8, 4) is 11.5 Å². The molecular weight excluding hydrogens is 511 g/mol. The molecule has 1 heterocycles. The quantitative estimate of drug-likeness (QED) is 0.312. The minimum Gasteiger partial charge on any atom is -0.455 e. The molecule has 3 aromatic carbocycles. The second kappa shape index (κ2) is 12.1. The number of primary amides is 1. The van der Waals surface area contributed by atoms with Gasteiger partial charge in [0.25, 0.3) is 10.0 Å². The van der Waals surface area contributed by atoms with E-state index in [1.807, 2.05) is 0 Å². The lowest BCUT2D eigenvalue weighted by molar-refractivity contribution is -0.120. The molecule has 1 fully saturated rings. The predicted octanol–water partition coefficient (Wildman–Crippen LogP) is 3.18. The fraction of sp³-hybridized carbons (Fsp3) is 0.259. The first-order chi connectivity index (χ1) is 18.2. The average molecular weight is 541 g/mol. The highest BCUT2D eigenvalue weighted by atomic mass is 32.2. The van der Waals surface area contributed by atoms with Crippen LogP contribution in [-0.4, -0.2) is 39.9 Å². The number of benzene rings is 3. The normalized spacial score (nSPS) is 14.0. The van der Waals surface area contributed by atoms with Crippen molar-refractivity contribution in [1.29, 1.82) is 0 Å². The summed E-state index contributed by atoms with van der Waals surface area (Å²) in [7, 11) is -4.15. The van der Waals surface area contributed by atoms with Crippen molar-refractivity contribution < 1.29 is 27.1 Å². The summed E-state index contributed by atoms with van der Waals surface area (Å²) >= 11 is 0. The van der Waals surface area contributed by atoms with E-state index in [0.29, 0.717) is 18.2 Å². The molecule has 3 aromatic rings. The van der Waals surface area contributed by atoms with Gasteiger partial charge in [-0.3, -0.25) is 14.3 Å². The van der Waals surface area contributed by atoms with Gasteiger partial charge in [0.15, 0.2) is 5.75 Å². The van der Waals surface area contributed by atoms with Crippen molar-refractivity contribution in [2.45, 2.75) is 24.2 Å². The Bertz CT molecular complexity index is 1410. The summed E-state index contributed by atoms with van der Waals surface area (Å²) in [5.41, 5.74) is 5.91. The SMILES string of the molecule is NC(=O)c1ccc(S(=O)(=O)Nc2ccccc2Oc2ccc(F)cc2)cc1CC(=O)NCC1CCNCC1. The van der Waals surface area contributed by atoms with Gasteiger partial charge in [-0.2, -0.15) is 0 Å². The van der Waals surface area contributed by atoms with E-state index in [2.05, 4.69) is 15.4 Å². The number of para-hydroxylation sites is 2. The number of ether oxygens (including phenoxy) is 1. The van der Waals surface area contributed by atoms with E-state index >= 15 is 0 Å². The number of nitrogens with one attached hydrogen (secondary N) is 3. The molecule has 11 heteroatoms. The van der Waals surface area contributed by atoms with E-state index < -0.39 is 21.7 Å². The van der Waals surface area contributed by atoms with E-state index in [4.69, 9.17) is 10.5 Å². The molecule has 2 amide bonds. The zero-order chi connectivity index (χ0) is 27.1. The number of sulfonamides is 1. The summed E-state index contributed by atoms with van der Waals surface area (Å²) in [6, 6.07) is 15.5. The minimum atomic E-state index is -4.15. The van der Waals surface area contributed by atoms with E-state index in [1.165, 1.54) is 48.5 Å². The summed E-state index contributed by atoms with van der Waals surface area (Å²) < 4.78 is 48.0. The molecule has 38 heavy (non-hydrogen) atoms. The Hall–Kier alpha value is -3.96. The minimum absolute atomic E-state index is 0.0704. The number of amides is 2. The van der Waals surface area contributed by atoms with Gasteiger partial charge in [-0.05, 0) is 92.0 Å². The zero-order valence-electron chi connectivity index (χ0n) is 20.6. The van der Waals surface area contributed by atoms with Gasteiger partial charge in [0.2, 0.25) is 11.8 Å². The molecule has 1 aliphatic heterocycles. The van der Waals surface area contributed by atoms with Crippen molar-refractivity contribution in [3.05, 3.63) is 83.7 Å². The van der Waals surface area contributed by atoms with Gasteiger partial charge < -0.3 is 21.1 Å². The van der Waals surface area contributed by atoms with Crippen LogP contribution < -0.4 is 25.8 Å². The maximum Gasteiger partial charge on any atom is 0.262 e. The van der Waals surface area contributed by atoms with Crippen LogP contribution in [0.4, 0.5) is 10.1 Å². The van der Waals surface area contributed by atoms with Crippen LogP contribution in [0.3, 0.4) is 0 Å². The third kappa shape index (κ3) is 7.08. The standard InChI is InChI=1S/C27H29FN4O5S/c28-20-5-7-21(8-6-20)37-25-4-2-1-3-24(25)32-38(35,36)22-9-10-23(27(29)34)19(15-22)16-26(33)31-17-18-11-13-30-14-12-18/h1-10,15,18,30,32H,11-14,16-17H2,(H2,29,34)(H,31,33). The molecule has 0 aliphatic carbocycles. The maximum absolute atomic E-state index is 13.3. The van der Waals surface area contributed by atoms with Crippen molar-refractivity contribution in [2.24, 2.45) is 11.7 Å². The third-order valence-corrected chi connectivity index (χ3v) is 7.59. The van der Waals surface area contributed by atoms with Gasteiger partial charge in [0, 0.05) is 12.1 Å². The highest BCUT2D eigenvalue weighted by Gasteiger charge is 2.21. The summed E-state index contributed by atoms with van der Waals surface area (Å²) in [5, 5.41) is 6.14. The van der Waals surface area contributed by atoms with Crippen molar-refractivity contribution in [3.63, 3.8) is 0 Å². The number of hydrogen-bond donors (Lipinski definition) is 4. The largest absolute Gasteiger partial charge is 0.455 e. The van der Waals surface area contributed by atoms with Crippen molar-refractivity contribution >= 4 is 27.5 Å². The first-order valence-corrected chi connectivity index (χ1v) is 13.6. The van der Waals surface area contributed by atoms with E-state index in [-0.39, 0.29) is 39.8 Å². The molecule has 0 bridgehead atoms. The molecule has 0 spiro atoms. The van der Waals surface area contributed by atoms with E-state index in [9.17, 15) is 22.4 Å². The number of hydrogen-bond acceptors (Lipinski definition) is 6. The Morgan fingerprint density at radius 2 is 1.74 bits per heavy atom. The van der Waals surface area contributed by atoms with Gasteiger partial charge >= 0.3 is 0 Å². The highest BCUT2D eigenvalue weighted by Crippen LogP contribution is 2.31. The van der Waals surface area contributed by atoms with Crippen LogP contribution in [0.15, 0.2) is 71.6 Å². The number of anilines is 1. The Morgan fingerprint density at radius 3 is 2.45 bits per heavy atom. The second-order valence-electron chi connectivity index (χ2n) is 9.02. The fourth-order valence-corrected chi connectivity index (χ4v) is 5.30. The van der Waals surface area contributed by atoms with Gasteiger partial charge in [-0.15, -0.1) is 0 Å². The molecule has 0 saturated carbocycles. The fourth-order valence-electron chi connectivity index (χ4n) is 4.18.